The number of carbonyl (C=O) groups excluding carboxylic acids is 2. The van der Waals surface area contributed by atoms with Crippen molar-refractivity contribution in [3.63, 3.8) is 0 Å². The third-order valence-electron chi connectivity index (χ3n) is 6.24. The van der Waals surface area contributed by atoms with Gasteiger partial charge >= 0.3 is 12.1 Å². The number of benzene rings is 2. The summed E-state index contributed by atoms with van der Waals surface area (Å²) in [5, 5.41) is 10.3. The molecule has 2 aromatic carbocycles. The Morgan fingerprint density at radius 3 is 2.40 bits per heavy atom. The average molecular weight is 598 g/mol. The standard InChI is InChI=1S/C28H32F5N5O4/c1-27(2,3)22(38(11-5-10-34)24(39)25(40)42-26(41)28(31,32)33)23-36-21(19-13-17(29)8-9-20(19)30)15-37(23)14-16-6-4-7-18(35)12-16/h4,6-9,12-13,15,22,25,40H,5,10-11,14,34-35H2,1-3H3/t22-,25?/m0/s1. The van der Waals surface area contributed by atoms with Gasteiger partial charge in [0.05, 0.1) is 11.7 Å². The van der Waals surface area contributed by atoms with Gasteiger partial charge in [0.1, 0.15) is 17.5 Å². The van der Waals surface area contributed by atoms with Gasteiger partial charge in [-0.15, -0.1) is 0 Å². The number of nitrogens with two attached hydrogens (primary N) is 2. The molecule has 5 N–H and O–H groups in total. The van der Waals surface area contributed by atoms with Crippen molar-refractivity contribution >= 4 is 17.6 Å². The van der Waals surface area contributed by atoms with E-state index in [1.54, 1.807) is 49.6 Å². The molecule has 2 atom stereocenters. The van der Waals surface area contributed by atoms with Crippen LogP contribution in [0.25, 0.3) is 11.3 Å². The number of rotatable bonds is 10. The van der Waals surface area contributed by atoms with Crippen LogP contribution in [0.1, 0.15) is 44.6 Å². The summed E-state index contributed by atoms with van der Waals surface area (Å²) in [5.74, 6) is -5.46. The normalized spacial score (nSPS) is 13.5. The predicted octanol–water partition coefficient (Wildman–Crippen LogP) is 4.15. The fraction of sp³-hybridized carbons (Fsp3) is 0.393. The molecule has 1 heterocycles. The van der Waals surface area contributed by atoms with Gasteiger partial charge < -0.3 is 30.8 Å². The van der Waals surface area contributed by atoms with Gasteiger partial charge in [-0.25, -0.2) is 18.6 Å². The number of halogens is 5. The van der Waals surface area contributed by atoms with E-state index >= 15 is 0 Å². The second-order valence-corrected chi connectivity index (χ2v) is 10.7. The van der Waals surface area contributed by atoms with Gasteiger partial charge in [0, 0.05) is 30.5 Å². The molecule has 1 amide bonds. The fourth-order valence-electron chi connectivity index (χ4n) is 4.47. The summed E-state index contributed by atoms with van der Waals surface area (Å²) in [5.41, 5.74) is 11.6. The lowest BCUT2D eigenvalue weighted by Gasteiger charge is -2.40. The van der Waals surface area contributed by atoms with E-state index in [-0.39, 0.29) is 43.1 Å². The maximum Gasteiger partial charge on any atom is 0.491 e. The molecule has 1 aromatic heterocycles. The minimum atomic E-state index is -5.45. The summed E-state index contributed by atoms with van der Waals surface area (Å²) < 4.78 is 72.9. The Morgan fingerprint density at radius 2 is 1.81 bits per heavy atom. The molecule has 9 nitrogen and oxygen atoms in total. The number of alkyl halides is 3. The third-order valence-corrected chi connectivity index (χ3v) is 6.24. The van der Waals surface area contributed by atoms with Crippen LogP contribution in [-0.2, 0) is 20.9 Å². The molecule has 3 aromatic rings. The number of ether oxygens (including phenoxy) is 1. The second-order valence-electron chi connectivity index (χ2n) is 10.7. The first-order valence-corrected chi connectivity index (χ1v) is 12.9. The predicted molar refractivity (Wildman–Crippen MR) is 143 cm³/mol. The molecule has 1 unspecified atom stereocenters. The van der Waals surface area contributed by atoms with Crippen LogP contribution in [0.4, 0.5) is 27.6 Å². The van der Waals surface area contributed by atoms with Crippen LogP contribution in [0.3, 0.4) is 0 Å². The molecule has 0 fully saturated rings. The van der Waals surface area contributed by atoms with Crippen LogP contribution in [-0.4, -0.2) is 57.0 Å². The summed E-state index contributed by atoms with van der Waals surface area (Å²) in [6.45, 7) is 5.11. The number of esters is 1. The van der Waals surface area contributed by atoms with E-state index in [0.717, 1.165) is 23.1 Å². The highest BCUT2D eigenvalue weighted by Gasteiger charge is 2.45. The van der Waals surface area contributed by atoms with E-state index in [0.29, 0.717) is 11.3 Å². The first-order chi connectivity index (χ1) is 19.5. The van der Waals surface area contributed by atoms with E-state index in [1.807, 2.05) is 0 Å². The zero-order chi connectivity index (χ0) is 31.4. The van der Waals surface area contributed by atoms with Crippen LogP contribution in [0, 0.1) is 17.0 Å². The smallest absolute Gasteiger partial charge is 0.419 e. The maximum atomic E-state index is 14.8. The topological polar surface area (TPSA) is 137 Å². The van der Waals surface area contributed by atoms with Gasteiger partial charge in [-0.2, -0.15) is 13.2 Å². The molecule has 42 heavy (non-hydrogen) atoms. The Balaban J connectivity index is 2.20. The van der Waals surface area contributed by atoms with Crippen molar-refractivity contribution in [3.05, 3.63) is 71.7 Å². The number of amides is 1. The van der Waals surface area contributed by atoms with Crippen LogP contribution in [0.2, 0.25) is 0 Å². The van der Waals surface area contributed by atoms with Crippen LogP contribution >= 0.6 is 0 Å². The van der Waals surface area contributed by atoms with Crippen molar-refractivity contribution in [3.8, 4) is 11.3 Å². The minimum absolute atomic E-state index is 0.00965. The summed E-state index contributed by atoms with van der Waals surface area (Å²) >= 11 is 0. The summed E-state index contributed by atoms with van der Waals surface area (Å²) in [4.78, 5) is 30.3. The van der Waals surface area contributed by atoms with Crippen molar-refractivity contribution in [1.29, 1.82) is 0 Å². The number of hydrogen-bond donors (Lipinski definition) is 3. The number of aromatic nitrogens is 2. The monoisotopic (exact) mass is 597 g/mol. The molecule has 0 spiro atoms. The highest BCUT2D eigenvalue weighted by atomic mass is 19.4. The van der Waals surface area contributed by atoms with Gasteiger partial charge in [-0.3, -0.25) is 4.79 Å². The van der Waals surface area contributed by atoms with E-state index in [1.165, 1.54) is 6.20 Å². The molecule has 0 saturated heterocycles. The van der Waals surface area contributed by atoms with Crippen molar-refractivity contribution in [2.75, 3.05) is 18.8 Å². The Labute approximate surface area is 238 Å². The van der Waals surface area contributed by atoms with Crippen LogP contribution in [0.5, 0.6) is 0 Å². The number of aliphatic hydroxyl groups excluding tert-OH is 1. The summed E-state index contributed by atoms with van der Waals surface area (Å²) in [7, 11) is 0. The Kier molecular flexibility index (Phi) is 9.94. The maximum absolute atomic E-state index is 14.8. The number of anilines is 1. The molecule has 0 radical (unpaired) electrons. The highest BCUT2D eigenvalue weighted by molar-refractivity contribution is 5.84. The Hall–Kier alpha value is -4.04. The van der Waals surface area contributed by atoms with Crippen molar-refractivity contribution in [2.45, 2.75) is 52.2 Å². The number of aliphatic hydroxyl groups is 1. The van der Waals surface area contributed by atoms with Gasteiger partial charge in [0.2, 0.25) is 0 Å². The summed E-state index contributed by atoms with van der Waals surface area (Å²) in [6, 6.07) is 8.54. The molecular weight excluding hydrogens is 565 g/mol. The largest absolute Gasteiger partial charge is 0.491 e. The number of imidazole rings is 1. The highest BCUT2D eigenvalue weighted by Crippen LogP contribution is 2.40. The Bertz CT molecular complexity index is 1420. The second kappa shape index (κ2) is 12.9. The van der Waals surface area contributed by atoms with E-state index in [2.05, 4.69) is 9.72 Å². The molecule has 228 valence electrons. The first kappa shape index (κ1) is 32.5. The van der Waals surface area contributed by atoms with Crippen molar-refractivity contribution < 1.29 is 41.4 Å². The molecule has 14 heteroatoms. The van der Waals surface area contributed by atoms with Crippen molar-refractivity contribution in [2.24, 2.45) is 11.1 Å². The Morgan fingerprint density at radius 1 is 1.12 bits per heavy atom. The van der Waals surface area contributed by atoms with Gasteiger partial charge in [-0.1, -0.05) is 32.9 Å². The minimum Gasteiger partial charge on any atom is -0.419 e. The molecule has 3 rings (SSSR count). The first-order valence-electron chi connectivity index (χ1n) is 12.9. The average Bonchev–Trinajstić information content (AvgIpc) is 3.28. The molecular formula is C28H32F5N5O4. The van der Waals surface area contributed by atoms with Crippen LogP contribution in [0.15, 0.2) is 48.7 Å². The lowest BCUT2D eigenvalue weighted by Crippen LogP contribution is -2.49. The zero-order valence-electron chi connectivity index (χ0n) is 23.2. The molecule has 0 bridgehead atoms. The lowest BCUT2D eigenvalue weighted by atomic mass is 9.84. The van der Waals surface area contributed by atoms with Gasteiger partial charge in [0.15, 0.2) is 0 Å². The van der Waals surface area contributed by atoms with E-state index in [4.69, 9.17) is 11.5 Å². The number of carbonyl (C=O) groups is 2. The number of nitrogen functional groups attached to an aromatic ring is 1. The van der Waals surface area contributed by atoms with E-state index in [9.17, 15) is 36.6 Å². The molecule has 0 saturated carbocycles. The number of nitrogens with zero attached hydrogens (tertiary/aromatic N) is 3. The third kappa shape index (κ3) is 7.82. The zero-order valence-corrected chi connectivity index (χ0v) is 23.2. The quantitative estimate of drug-likeness (QED) is 0.138. The van der Waals surface area contributed by atoms with Crippen LogP contribution < -0.4 is 11.5 Å². The molecule has 0 aliphatic rings. The number of hydrogen-bond acceptors (Lipinski definition) is 7. The van der Waals surface area contributed by atoms with E-state index < -0.39 is 47.4 Å². The summed E-state index contributed by atoms with van der Waals surface area (Å²) in [6.07, 6.45) is -6.65. The molecule has 0 aliphatic carbocycles. The van der Waals surface area contributed by atoms with Gasteiger partial charge in [0.25, 0.3) is 12.2 Å². The van der Waals surface area contributed by atoms with Gasteiger partial charge in [-0.05, 0) is 54.3 Å². The lowest BCUT2D eigenvalue weighted by molar-refractivity contribution is -0.222. The fourth-order valence-corrected chi connectivity index (χ4v) is 4.47. The van der Waals surface area contributed by atoms with Crippen molar-refractivity contribution in [1.82, 2.24) is 14.5 Å². The SMILES string of the molecule is CC(C)(C)[C@H](c1nc(-c2cc(F)ccc2F)cn1Cc1cccc(N)c1)N(CCCN)C(=O)C(O)OC(=O)C(F)(F)F. The molecule has 0 aliphatic heterocycles.